The third-order valence-electron chi connectivity index (χ3n) is 1.54. The Balaban J connectivity index is 3.12. The van der Waals surface area contributed by atoms with Crippen molar-refractivity contribution in [2.75, 3.05) is 0 Å². The van der Waals surface area contributed by atoms with Gasteiger partial charge in [-0.25, -0.2) is 4.21 Å². The number of benzene rings is 1. The predicted molar refractivity (Wildman–Crippen MR) is 47.5 cm³/mol. The van der Waals surface area contributed by atoms with E-state index in [0.29, 0.717) is 0 Å². The second-order valence-corrected chi connectivity index (χ2v) is 3.58. The number of halogens is 3. The van der Waals surface area contributed by atoms with Gasteiger partial charge in [-0.2, -0.15) is 0 Å². The average molecular weight is 254 g/mol. The first kappa shape index (κ1) is 12.7. The lowest BCUT2D eigenvalue weighted by atomic mass is 10.2. The van der Waals surface area contributed by atoms with Gasteiger partial charge in [0.05, 0.1) is 10.5 Å². The van der Waals surface area contributed by atoms with E-state index in [-0.39, 0.29) is 11.2 Å². The third-order valence-corrected chi connectivity index (χ3v) is 2.19. The zero-order valence-electron chi connectivity index (χ0n) is 7.52. The van der Waals surface area contributed by atoms with Crippen molar-refractivity contribution in [3.63, 3.8) is 0 Å². The van der Waals surface area contributed by atoms with E-state index < -0.39 is 28.8 Å². The highest BCUT2D eigenvalue weighted by Crippen LogP contribution is 2.26. The van der Waals surface area contributed by atoms with Gasteiger partial charge in [-0.05, 0) is 18.2 Å². The van der Waals surface area contributed by atoms with Crippen LogP contribution in [-0.2, 0) is 11.1 Å². The zero-order chi connectivity index (χ0) is 12.3. The molecule has 88 valence electrons. The smallest absolute Gasteiger partial charge is 0.405 e. The highest BCUT2D eigenvalue weighted by Gasteiger charge is 2.32. The fraction of sp³-hybridized carbons (Fsp3) is 0.125. The van der Waals surface area contributed by atoms with Crippen LogP contribution in [0.4, 0.5) is 13.2 Å². The van der Waals surface area contributed by atoms with Crippen molar-refractivity contribution in [2.24, 2.45) is 0 Å². The topological polar surface area (TPSA) is 63.6 Å². The largest absolute Gasteiger partial charge is 0.573 e. The van der Waals surface area contributed by atoms with Crippen molar-refractivity contribution in [1.29, 1.82) is 0 Å². The molecule has 0 aliphatic carbocycles. The number of aldehydes is 1. The van der Waals surface area contributed by atoms with Crippen LogP contribution in [0.2, 0.25) is 0 Å². The lowest BCUT2D eigenvalue weighted by Crippen LogP contribution is -2.18. The van der Waals surface area contributed by atoms with Gasteiger partial charge < -0.3 is 9.29 Å². The number of alkyl halides is 3. The standard InChI is InChI=1S/C8H5F3O4S/c9-8(10,11)15-7-2-1-6(16(13)14)3-5(7)4-12/h1-4H,(H,13,14). The molecule has 0 radical (unpaired) electrons. The van der Waals surface area contributed by atoms with Crippen LogP contribution in [0.1, 0.15) is 10.4 Å². The van der Waals surface area contributed by atoms with Crippen molar-refractivity contribution >= 4 is 17.4 Å². The number of carbonyl (C=O) groups excluding carboxylic acids is 1. The number of carbonyl (C=O) groups is 1. The third kappa shape index (κ3) is 3.31. The normalized spacial score (nSPS) is 13.2. The Kier molecular flexibility index (Phi) is 3.66. The highest BCUT2D eigenvalue weighted by atomic mass is 32.2. The molecule has 1 atom stereocenters. The van der Waals surface area contributed by atoms with Crippen LogP contribution >= 0.6 is 0 Å². The van der Waals surface area contributed by atoms with Crippen molar-refractivity contribution in [1.82, 2.24) is 0 Å². The number of ether oxygens (including phenoxy) is 1. The fourth-order valence-corrected chi connectivity index (χ4v) is 1.36. The molecule has 0 aromatic heterocycles. The van der Waals surface area contributed by atoms with E-state index in [1.807, 2.05) is 0 Å². The molecule has 0 fully saturated rings. The van der Waals surface area contributed by atoms with Crippen molar-refractivity contribution in [2.45, 2.75) is 11.3 Å². The van der Waals surface area contributed by atoms with Gasteiger partial charge in [0.25, 0.3) is 0 Å². The van der Waals surface area contributed by atoms with Crippen LogP contribution in [0, 0.1) is 0 Å². The molecule has 1 aromatic rings. The molecule has 0 amide bonds. The minimum absolute atomic E-state index is 0.109. The van der Waals surface area contributed by atoms with Crippen LogP contribution in [0.5, 0.6) is 5.75 Å². The molecule has 0 saturated carbocycles. The molecule has 0 saturated heterocycles. The van der Waals surface area contributed by atoms with E-state index in [2.05, 4.69) is 4.74 Å². The van der Waals surface area contributed by atoms with Gasteiger partial charge in [0.15, 0.2) is 17.4 Å². The maximum atomic E-state index is 11.9. The van der Waals surface area contributed by atoms with Gasteiger partial charge >= 0.3 is 6.36 Å². The number of rotatable bonds is 3. The van der Waals surface area contributed by atoms with Crippen LogP contribution < -0.4 is 4.74 Å². The predicted octanol–water partition coefficient (Wildman–Crippen LogP) is 1.98. The Bertz CT molecular complexity index is 430. The maximum Gasteiger partial charge on any atom is 0.573 e. The van der Waals surface area contributed by atoms with Crippen molar-refractivity contribution < 1.29 is 31.5 Å². The van der Waals surface area contributed by atoms with Crippen LogP contribution in [0.3, 0.4) is 0 Å². The molecule has 0 aliphatic rings. The molecule has 0 bridgehead atoms. The minimum atomic E-state index is -4.92. The lowest BCUT2D eigenvalue weighted by Gasteiger charge is -2.10. The molecule has 0 heterocycles. The van der Waals surface area contributed by atoms with Gasteiger partial charge in [0.1, 0.15) is 5.75 Å². The first-order chi connectivity index (χ1) is 7.33. The molecule has 16 heavy (non-hydrogen) atoms. The monoisotopic (exact) mass is 254 g/mol. The van der Waals surface area contributed by atoms with E-state index in [9.17, 15) is 22.2 Å². The summed E-state index contributed by atoms with van der Waals surface area (Å²) in [7, 11) is 0. The van der Waals surface area contributed by atoms with Gasteiger partial charge in [-0.3, -0.25) is 4.79 Å². The fourth-order valence-electron chi connectivity index (χ4n) is 0.945. The molecule has 0 aliphatic heterocycles. The Labute approximate surface area is 90.3 Å². The molecular weight excluding hydrogens is 249 g/mol. The SMILES string of the molecule is O=Cc1cc(S(=O)O)ccc1OC(F)(F)F. The lowest BCUT2D eigenvalue weighted by molar-refractivity contribution is -0.274. The van der Waals surface area contributed by atoms with Crippen LogP contribution in [0.25, 0.3) is 0 Å². The minimum Gasteiger partial charge on any atom is -0.405 e. The van der Waals surface area contributed by atoms with E-state index >= 15 is 0 Å². The second-order valence-electron chi connectivity index (χ2n) is 2.61. The molecule has 1 rings (SSSR count). The van der Waals surface area contributed by atoms with Gasteiger partial charge in [-0.15, -0.1) is 13.2 Å². The first-order valence-electron chi connectivity index (χ1n) is 3.79. The Hall–Kier alpha value is -1.41. The van der Waals surface area contributed by atoms with E-state index in [1.54, 1.807) is 0 Å². The number of hydrogen-bond donors (Lipinski definition) is 1. The molecule has 1 N–H and O–H groups in total. The Morgan fingerprint density at radius 2 is 2.00 bits per heavy atom. The molecule has 1 unspecified atom stereocenters. The highest BCUT2D eigenvalue weighted by molar-refractivity contribution is 7.79. The van der Waals surface area contributed by atoms with Gasteiger partial charge in [0, 0.05) is 0 Å². The average Bonchev–Trinajstić information content (AvgIpc) is 2.15. The summed E-state index contributed by atoms with van der Waals surface area (Å²) in [6.07, 6.45) is -4.81. The summed E-state index contributed by atoms with van der Waals surface area (Å²) in [6.45, 7) is 0. The van der Waals surface area contributed by atoms with E-state index in [0.717, 1.165) is 18.2 Å². The van der Waals surface area contributed by atoms with Crippen LogP contribution in [-0.4, -0.2) is 21.4 Å². The van der Waals surface area contributed by atoms with Crippen LogP contribution in [0.15, 0.2) is 23.1 Å². The summed E-state index contributed by atoms with van der Waals surface area (Å²) in [5.41, 5.74) is -0.447. The summed E-state index contributed by atoms with van der Waals surface area (Å²) < 4.78 is 58.4. The Morgan fingerprint density at radius 3 is 2.44 bits per heavy atom. The summed E-state index contributed by atoms with van der Waals surface area (Å²) >= 11 is -2.37. The molecule has 8 heteroatoms. The quantitative estimate of drug-likeness (QED) is 0.661. The number of hydrogen-bond acceptors (Lipinski definition) is 3. The molecule has 1 aromatic carbocycles. The first-order valence-corrected chi connectivity index (χ1v) is 4.90. The maximum absolute atomic E-state index is 11.9. The summed E-state index contributed by atoms with van der Waals surface area (Å²) in [5, 5.41) is 0. The van der Waals surface area contributed by atoms with E-state index in [1.165, 1.54) is 0 Å². The van der Waals surface area contributed by atoms with E-state index in [4.69, 9.17) is 4.55 Å². The van der Waals surface area contributed by atoms with Crippen molar-refractivity contribution in [3.8, 4) is 5.75 Å². The Morgan fingerprint density at radius 1 is 1.38 bits per heavy atom. The van der Waals surface area contributed by atoms with Gasteiger partial charge in [0.2, 0.25) is 0 Å². The zero-order valence-corrected chi connectivity index (χ0v) is 8.34. The summed E-state index contributed by atoms with van der Waals surface area (Å²) in [4.78, 5) is 10.3. The summed E-state index contributed by atoms with van der Waals surface area (Å²) in [6, 6.07) is 2.62. The van der Waals surface area contributed by atoms with Gasteiger partial charge in [-0.1, -0.05) is 0 Å². The molecule has 4 nitrogen and oxygen atoms in total. The van der Waals surface area contributed by atoms with Crippen molar-refractivity contribution in [3.05, 3.63) is 23.8 Å². The second kappa shape index (κ2) is 4.62. The molecule has 0 spiro atoms. The summed E-state index contributed by atoms with van der Waals surface area (Å²) in [5.74, 6) is -0.711. The molecular formula is C8H5F3O4S.